The normalized spacial score (nSPS) is 10.6. The quantitative estimate of drug-likeness (QED) is 0.719. The molecule has 0 spiro atoms. The number of hydrogen-bond donors (Lipinski definition) is 1. The number of nitrogen functional groups attached to an aromatic ring is 1. The molecule has 0 aliphatic carbocycles. The summed E-state index contributed by atoms with van der Waals surface area (Å²) in [6, 6.07) is 5.95. The molecule has 2 N–H and O–H groups in total. The van der Waals surface area contributed by atoms with Crippen molar-refractivity contribution in [3.63, 3.8) is 0 Å². The first-order valence-electron chi connectivity index (χ1n) is 4.92. The molecule has 0 bridgehead atoms. The van der Waals surface area contributed by atoms with Crippen LogP contribution in [0.2, 0.25) is 0 Å². The number of aromatic nitrogens is 1. The Balaban J connectivity index is 2.89. The molecule has 1 aromatic heterocycles. The summed E-state index contributed by atoms with van der Waals surface area (Å²) in [6.45, 7) is 2.03. The fourth-order valence-corrected chi connectivity index (χ4v) is 1.85. The van der Waals surface area contributed by atoms with Gasteiger partial charge in [0.05, 0.1) is 0 Å². The van der Waals surface area contributed by atoms with Crippen LogP contribution in [-0.2, 0) is 0 Å². The number of fused-ring (bicyclic) bond motifs is 1. The summed E-state index contributed by atoms with van der Waals surface area (Å²) < 4.78 is 0. The van der Waals surface area contributed by atoms with E-state index in [1.54, 1.807) is 0 Å². The summed E-state index contributed by atoms with van der Waals surface area (Å²) in [4.78, 5) is 6.42. The van der Waals surface area contributed by atoms with E-state index in [9.17, 15) is 0 Å². The molecule has 2 rings (SSSR count). The summed E-state index contributed by atoms with van der Waals surface area (Å²) >= 11 is 0. The highest BCUT2D eigenvalue weighted by atomic mass is 15.1. The van der Waals surface area contributed by atoms with Crippen LogP contribution in [0.3, 0.4) is 0 Å². The molecule has 1 aromatic carbocycles. The highest BCUT2D eigenvalue weighted by molar-refractivity contribution is 6.01. The molecule has 78 valence electrons. The Morgan fingerprint density at radius 1 is 1.27 bits per heavy atom. The molecule has 0 aliphatic heterocycles. The lowest BCUT2D eigenvalue weighted by molar-refractivity contribution is 1.08. The van der Waals surface area contributed by atoms with E-state index in [2.05, 4.69) is 11.1 Å². The Morgan fingerprint density at radius 2 is 2.00 bits per heavy atom. The zero-order chi connectivity index (χ0) is 11.0. The molecule has 0 radical (unpaired) electrons. The fraction of sp³-hybridized carbons (Fsp3) is 0.250. The number of hydrogen-bond acceptors (Lipinski definition) is 3. The van der Waals surface area contributed by atoms with Crippen LogP contribution in [0.15, 0.2) is 24.4 Å². The highest BCUT2D eigenvalue weighted by Gasteiger charge is 2.08. The van der Waals surface area contributed by atoms with Crippen LogP contribution in [0.1, 0.15) is 5.56 Å². The van der Waals surface area contributed by atoms with Crippen molar-refractivity contribution in [1.29, 1.82) is 0 Å². The van der Waals surface area contributed by atoms with Gasteiger partial charge in [-0.1, -0.05) is 12.1 Å². The molecule has 2 aromatic rings. The average molecular weight is 201 g/mol. The third-order valence-electron chi connectivity index (χ3n) is 2.54. The van der Waals surface area contributed by atoms with Crippen molar-refractivity contribution in [2.75, 3.05) is 24.7 Å². The van der Waals surface area contributed by atoms with E-state index in [0.717, 1.165) is 27.8 Å². The van der Waals surface area contributed by atoms with E-state index in [1.165, 1.54) is 0 Å². The Morgan fingerprint density at radius 3 is 2.67 bits per heavy atom. The van der Waals surface area contributed by atoms with Crippen LogP contribution >= 0.6 is 0 Å². The van der Waals surface area contributed by atoms with Gasteiger partial charge in [-0.3, -0.25) is 0 Å². The van der Waals surface area contributed by atoms with Gasteiger partial charge in [0, 0.05) is 36.8 Å². The first kappa shape index (κ1) is 9.77. The zero-order valence-corrected chi connectivity index (χ0v) is 9.28. The van der Waals surface area contributed by atoms with Gasteiger partial charge in [0.1, 0.15) is 5.82 Å². The Kier molecular flexibility index (Phi) is 2.23. The SMILES string of the molecule is Cc1cnc(N(C)C)c2cccc(N)c12. The fourth-order valence-electron chi connectivity index (χ4n) is 1.85. The molecular weight excluding hydrogens is 186 g/mol. The number of nitrogens with two attached hydrogens (primary N) is 1. The summed E-state index contributed by atoms with van der Waals surface area (Å²) in [5.74, 6) is 0.961. The summed E-state index contributed by atoms with van der Waals surface area (Å²) in [7, 11) is 3.97. The van der Waals surface area contributed by atoms with Crippen molar-refractivity contribution in [2.45, 2.75) is 6.92 Å². The van der Waals surface area contributed by atoms with Gasteiger partial charge < -0.3 is 10.6 Å². The van der Waals surface area contributed by atoms with Gasteiger partial charge in [0.15, 0.2) is 0 Å². The van der Waals surface area contributed by atoms with E-state index in [1.807, 2.05) is 44.2 Å². The van der Waals surface area contributed by atoms with E-state index in [0.29, 0.717) is 0 Å². The first-order chi connectivity index (χ1) is 7.11. The van der Waals surface area contributed by atoms with Crippen LogP contribution in [0.4, 0.5) is 11.5 Å². The lowest BCUT2D eigenvalue weighted by Crippen LogP contribution is -2.11. The number of anilines is 2. The topological polar surface area (TPSA) is 42.2 Å². The van der Waals surface area contributed by atoms with Gasteiger partial charge in [-0.25, -0.2) is 4.98 Å². The predicted octanol–water partition coefficient (Wildman–Crippen LogP) is 2.19. The molecule has 0 aliphatic rings. The van der Waals surface area contributed by atoms with Gasteiger partial charge in [-0.2, -0.15) is 0 Å². The van der Waals surface area contributed by atoms with Crippen LogP contribution < -0.4 is 10.6 Å². The molecule has 3 heteroatoms. The van der Waals surface area contributed by atoms with Crippen molar-refractivity contribution >= 4 is 22.3 Å². The van der Waals surface area contributed by atoms with E-state index < -0.39 is 0 Å². The summed E-state index contributed by atoms with van der Waals surface area (Å²) in [5.41, 5.74) is 7.91. The van der Waals surface area contributed by atoms with Crippen molar-refractivity contribution < 1.29 is 0 Å². The highest BCUT2D eigenvalue weighted by Crippen LogP contribution is 2.29. The van der Waals surface area contributed by atoms with Crippen LogP contribution in [0.25, 0.3) is 10.8 Å². The monoisotopic (exact) mass is 201 g/mol. The van der Waals surface area contributed by atoms with Gasteiger partial charge in [0.2, 0.25) is 0 Å². The minimum Gasteiger partial charge on any atom is -0.398 e. The van der Waals surface area contributed by atoms with Gasteiger partial charge >= 0.3 is 0 Å². The van der Waals surface area contributed by atoms with Gasteiger partial charge in [0.25, 0.3) is 0 Å². The largest absolute Gasteiger partial charge is 0.398 e. The lowest BCUT2D eigenvalue weighted by Gasteiger charge is -2.15. The third kappa shape index (κ3) is 1.50. The molecule has 0 saturated heterocycles. The Labute approximate surface area is 89.5 Å². The first-order valence-corrected chi connectivity index (χ1v) is 4.92. The van der Waals surface area contributed by atoms with E-state index in [-0.39, 0.29) is 0 Å². The number of pyridine rings is 1. The van der Waals surface area contributed by atoms with Crippen LogP contribution in [-0.4, -0.2) is 19.1 Å². The number of nitrogens with zero attached hydrogens (tertiary/aromatic N) is 2. The molecule has 0 unspecified atom stereocenters. The molecule has 0 saturated carbocycles. The number of rotatable bonds is 1. The second-order valence-electron chi connectivity index (χ2n) is 3.93. The summed E-state index contributed by atoms with van der Waals surface area (Å²) in [6.07, 6.45) is 1.87. The Bertz CT molecular complexity index is 495. The predicted molar refractivity (Wildman–Crippen MR) is 65.2 cm³/mol. The molecule has 1 heterocycles. The average Bonchev–Trinajstić information content (AvgIpc) is 2.17. The minimum atomic E-state index is 0.815. The molecule has 0 fully saturated rings. The van der Waals surface area contributed by atoms with Crippen molar-refractivity contribution in [2.24, 2.45) is 0 Å². The van der Waals surface area contributed by atoms with Crippen LogP contribution in [0, 0.1) is 6.92 Å². The van der Waals surface area contributed by atoms with Crippen molar-refractivity contribution in [1.82, 2.24) is 4.98 Å². The maximum absolute atomic E-state index is 5.98. The maximum atomic E-state index is 5.98. The van der Waals surface area contributed by atoms with Crippen molar-refractivity contribution in [3.8, 4) is 0 Å². The molecule has 3 nitrogen and oxygen atoms in total. The van der Waals surface area contributed by atoms with Gasteiger partial charge in [-0.05, 0) is 18.6 Å². The standard InChI is InChI=1S/C12H15N3/c1-8-7-14-12(15(2)3)9-5-4-6-10(13)11(8)9/h4-7H,13H2,1-3H3. The lowest BCUT2D eigenvalue weighted by atomic mass is 10.1. The number of benzene rings is 1. The third-order valence-corrected chi connectivity index (χ3v) is 2.54. The van der Waals surface area contributed by atoms with E-state index in [4.69, 9.17) is 5.73 Å². The molecule has 0 atom stereocenters. The second-order valence-corrected chi connectivity index (χ2v) is 3.93. The van der Waals surface area contributed by atoms with Gasteiger partial charge in [-0.15, -0.1) is 0 Å². The number of aryl methyl sites for hydroxylation is 1. The zero-order valence-electron chi connectivity index (χ0n) is 9.28. The maximum Gasteiger partial charge on any atom is 0.135 e. The smallest absolute Gasteiger partial charge is 0.135 e. The molecule has 0 amide bonds. The molecular formula is C12H15N3. The second kappa shape index (κ2) is 3.42. The Hall–Kier alpha value is -1.77. The summed E-state index contributed by atoms with van der Waals surface area (Å²) in [5, 5.41) is 2.22. The van der Waals surface area contributed by atoms with E-state index >= 15 is 0 Å². The molecule has 15 heavy (non-hydrogen) atoms. The minimum absolute atomic E-state index is 0.815. The van der Waals surface area contributed by atoms with Crippen molar-refractivity contribution in [3.05, 3.63) is 30.0 Å². The van der Waals surface area contributed by atoms with Crippen LogP contribution in [0.5, 0.6) is 0 Å².